The van der Waals surface area contributed by atoms with E-state index >= 15 is 0 Å². The Labute approximate surface area is 153 Å². The van der Waals surface area contributed by atoms with Gasteiger partial charge in [0.1, 0.15) is 17.5 Å². The zero-order valence-electron chi connectivity index (χ0n) is 15.1. The summed E-state index contributed by atoms with van der Waals surface area (Å²) in [5.41, 5.74) is 1.13. The maximum absolute atomic E-state index is 5.81. The molecule has 0 aliphatic carbocycles. The minimum absolute atomic E-state index is 0.487. The van der Waals surface area contributed by atoms with Gasteiger partial charge in [0.15, 0.2) is 11.8 Å². The Morgan fingerprint density at radius 3 is 2.68 bits per heavy atom. The third kappa shape index (κ3) is 6.34. The number of guanidine groups is 1. The van der Waals surface area contributed by atoms with Crippen molar-refractivity contribution >= 4 is 17.6 Å². The largest absolute Gasteiger partial charge is 0.356 e. The lowest BCUT2D eigenvalue weighted by molar-refractivity contribution is 0.714. The number of pyridine rings is 1. The predicted octanol–water partition coefficient (Wildman–Crippen LogP) is 2.25. The van der Waals surface area contributed by atoms with Crippen LogP contribution in [-0.2, 0) is 20.0 Å². The number of hydrogen-bond donors (Lipinski definition) is 2. The molecule has 2 aromatic rings. The van der Waals surface area contributed by atoms with Gasteiger partial charge in [-0.05, 0) is 31.4 Å². The van der Waals surface area contributed by atoms with Crippen LogP contribution in [0.2, 0.25) is 5.15 Å². The highest BCUT2D eigenvalue weighted by atomic mass is 35.5. The molecule has 2 N–H and O–H groups in total. The fourth-order valence-electron chi connectivity index (χ4n) is 2.18. The van der Waals surface area contributed by atoms with Gasteiger partial charge in [-0.15, -0.1) is 10.2 Å². The summed E-state index contributed by atoms with van der Waals surface area (Å²) in [5, 5.41) is 15.4. The molecule has 136 valence electrons. The molecule has 25 heavy (non-hydrogen) atoms. The molecule has 0 spiro atoms. The van der Waals surface area contributed by atoms with Crippen LogP contribution in [0.1, 0.15) is 37.0 Å². The van der Waals surface area contributed by atoms with Crippen LogP contribution in [0, 0.1) is 6.92 Å². The van der Waals surface area contributed by atoms with E-state index in [1.54, 1.807) is 6.20 Å². The van der Waals surface area contributed by atoms with Gasteiger partial charge in [0.05, 0.1) is 0 Å². The van der Waals surface area contributed by atoms with Crippen molar-refractivity contribution in [2.24, 2.45) is 12.0 Å². The van der Waals surface area contributed by atoms with E-state index in [2.05, 4.69) is 37.7 Å². The molecule has 0 saturated carbocycles. The van der Waals surface area contributed by atoms with E-state index in [0.717, 1.165) is 55.5 Å². The van der Waals surface area contributed by atoms with Crippen molar-refractivity contribution in [2.75, 3.05) is 13.1 Å². The summed E-state index contributed by atoms with van der Waals surface area (Å²) in [6.45, 7) is 6.24. The fourth-order valence-corrected chi connectivity index (χ4v) is 2.29. The van der Waals surface area contributed by atoms with Crippen molar-refractivity contribution in [3.05, 3.63) is 40.7 Å². The Balaban J connectivity index is 1.90. The number of aryl methyl sites for hydroxylation is 1. The highest BCUT2D eigenvalue weighted by Crippen LogP contribution is 2.05. The van der Waals surface area contributed by atoms with Crippen molar-refractivity contribution in [2.45, 2.75) is 39.7 Å². The third-order valence-electron chi connectivity index (χ3n) is 3.88. The van der Waals surface area contributed by atoms with Crippen LogP contribution < -0.4 is 10.6 Å². The van der Waals surface area contributed by atoms with Crippen LogP contribution in [0.25, 0.3) is 0 Å². The lowest BCUT2D eigenvalue weighted by Gasteiger charge is -2.12. The van der Waals surface area contributed by atoms with E-state index in [-0.39, 0.29) is 0 Å². The minimum atomic E-state index is 0.487. The molecule has 0 atom stereocenters. The smallest absolute Gasteiger partial charge is 0.191 e. The Morgan fingerprint density at radius 1 is 1.24 bits per heavy atom. The molecule has 2 rings (SSSR count). The van der Waals surface area contributed by atoms with Gasteiger partial charge in [-0.2, -0.15) is 0 Å². The average Bonchev–Trinajstić information content (AvgIpc) is 2.93. The third-order valence-corrected chi connectivity index (χ3v) is 4.10. The van der Waals surface area contributed by atoms with Crippen LogP contribution >= 0.6 is 11.6 Å². The monoisotopic (exact) mass is 363 g/mol. The van der Waals surface area contributed by atoms with Crippen molar-refractivity contribution in [1.29, 1.82) is 0 Å². The molecule has 2 heterocycles. The minimum Gasteiger partial charge on any atom is -0.356 e. The van der Waals surface area contributed by atoms with Crippen LogP contribution in [0.15, 0.2) is 23.3 Å². The van der Waals surface area contributed by atoms with E-state index in [9.17, 15) is 0 Å². The topological polar surface area (TPSA) is 80.0 Å². The number of nitrogens with zero attached hydrogens (tertiary/aromatic N) is 5. The summed E-state index contributed by atoms with van der Waals surface area (Å²) in [5.74, 6) is 2.51. The Bertz CT molecular complexity index is 679. The van der Waals surface area contributed by atoms with Gasteiger partial charge < -0.3 is 15.2 Å². The summed E-state index contributed by atoms with van der Waals surface area (Å²) < 4.78 is 1.95. The predicted molar refractivity (Wildman–Crippen MR) is 101 cm³/mol. The second kappa shape index (κ2) is 9.98. The van der Waals surface area contributed by atoms with Crippen molar-refractivity contribution < 1.29 is 0 Å². The first-order chi connectivity index (χ1) is 12.1. The summed E-state index contributed by atoms with van der Waals surface area (Å²) in [4.78, 5) is 8.72. The zero-order chi connectivity index (χ0) is 18.1. The first-order valence-corrected chi connectivity index (χ1v) is 8.95. The van der Waals surface area contributed by atoms with Gasteiger partial charge in [-0.3, -0.25) is 0 Å². The molecule has 0 amide bonds. The summed E-state index contributed by atoms with van der Waals surface area (Å²) >= 11 is 5.81. The van der Waals surface area contributed by atoms with Gasteiger partial charge in [-0.1, -0.05) is 31.0 Å². The molecule has 0 radical (unpaired) electrons. The molecule has 0 saturated heterocycles. The lowest BCUT2D eigenvalue weighted by Crippen LogP contribution is -2.39. The highest BCUT2D eigenvalue weighted by Gasteiger charge is 2.05. The SMILES string of the molecule is CCCCNC(=NCc1nnc(C)n1C)NCCc1ccc(Cl)nc1. The molecule has 8 heteroatoms. The molecule has 0 unspecified atom stereocenters. The molecular formula is C17H26ClN7. The number of rotatable bonds is 8. The quantitative estimate of drug-likeness (QED) is 0.325. The summed E-state index contributed by atoms with van der Waals surface area (Å²) in [6, 6.07) is 3.79. The number of aromatic nitrogens is 4. The standard InChI is InChI=1S/C17H26ClN7/c1-4-5-9-19-17(22-12-16-24-23-13(2)25(16)3)20-10-8-14-6-7-15(18)21-11-14/h6-7,11H,4-5,8-10,12H2,1-3H3,(H2,19,20,22). The average molecular weight is 364 g/mol. The normalized spacial score (nSPS) is 11.6. The molecule has 0 fully saturated rings. The Hall–Kier alpha value is -2.15. The van der Waals surface area contributed by atoms with Gasteiger partial charge in [0, 0.05) is 26.3 Å². The summed E-state index contributed by atoms with van der Waals surface area (Å²) in [7, 11) is 1.95. The lowest BCUT2D eigenvalue weighted by atomic mass is 10.2. The van der Waals surface area contributed by atoms with Gasteiger partial charge in [0.2, 0.25) is 0 Å². The highest BCUT2D eigenvalue weighted by molar-refractivity contribution is 6.29. The molecule has 0 aromatic carbocycles. The maximum Gasteiger partial charge on any atom is 0.191 e. The van der Waals surface area contributed by atoms with Crippen LogP contribution in [0.3, 0.4) is 0 Å². The number of hydrogen-bond acceptors (Lipinski definition) is 4. The van der Waals surface area contributed by atoms with Gasteiger partial charge in [-0.25, -0.2) is 9.98 Å². The van der Waals surface area contributed by atoms with Gasteiger partial charge in [0.25, 0.3) is 0 Å². The van der Waals surface area contributed by atoms with E-state index in [4.69, 9.17) is 11.6 Å². The Morgan fingerprint density at radius 2 is 2.04 bits per heavy atom. The van der Waals surface area contributed by atoms with E-state index in [0.29, 0.717) is 11.7 Å². The Kier molecular flexibility index (Phi) is 7.66. The van der Waals surface area contributed by atoms with Crippen molar-refractivity contribution in [3.63, 3.8) is 0 Å². The number of unbranched alkanes of at least 4 members (excludes halogenated alkanes) is 1. The van der Waals surface area contributed by atoms with Crippen molar-refractivity contribution in [3.8, 4) is 0 Å². The van der Waals surface area contributed by atoms with E-state index in [1.165, 1.54) is 0 Å². The fraction of sp³-hybridized carbons (Fsp3) is 0.529. The summed E-state index contributed by atoms with van der Waals surface area (Å²) in [6.07, 6.45) is 4.89. The molecule has 2 aromatic heterocycles. The van der Waals surface area contributed by atoms with Crippen LogP contribution in [-0.4, -0.2) is 38.8 Å². The second-order valence-corrected chi connectivity index (χ2v) is 6.22. The molecule has 0 aliphatic heterocycles. The van der Waals surface area contributed by atoms with Crippen LogP contribution in [0.4, 0.5) is 0 Å². The number of aliphatic imine (C=N–C) groups is 1. The number of nitrogens with one attached hydrogen (secondary N) is 2. The van der Waals surface area contributed by atoms with E-state index < -0.39 is 0 Å². The molecule has 0 aliphatic rings. The maximum atomic E-state index is 5.81. The number of halogens is 1. The molecular weight excluding hydrogens is 338 g/mol. The van der Waals surface area contributed by atoms with E-state index in [1.807, 2.05) is 30.7 Å². The first-order valence-electron chi connectivity index (χ1n) is 8.57. The second-order valence-electron chi connectivity index (χ2n) is 5.83. The van der Waals surface area contributed by atoms with Gasteiger partial charge >= 0.3 is 0 Å². The molecule has 0 bridgehead atoms. The van der Waals surface area contributed by atoms with Crippen LogP contribution in [0.5, 0.6) is 0 Å². The molecule has 7 nitrogen and oxygen atoms in total. The first kappa shape index (κ1) is 19.2. The zero-order valence-corrected chi connectivity index (χ0v) is 15.8. The van der Waals surface area contributed by atoms with Crippen molar-refractivity contribution in [1.82, 2.24) is 30.4 Å².